The van der Waals surface area contributed by atoms with Gasteiger partial charge in [0.25, 0.3) is 5.91 Å². The number of rotatable bonds is 6. The molecule has 1 aromatic rings. The molecule has 1 aliphatic heterocycles. The predicted octanol–water partition coefficient (Wildman–Crippen LogP) is 3.33. The van der Waals surface area contributed by atoms with Crippen LogP contribution in [0.2, 0.25) is 0 Å². The van der Waals surface area contributed by atoms with Gasteiger partial charge in [-0.15, -0.1) is 0 Å². The molecule has 3 N–H and O–H groups in total. The molecule has 3 amide bonds. The van der Waals surface area contributed by atoms with Gasteiger partial charge in [-0.1, -0.05) is 29.8 Å². The summed E-state index contributed by atoms with van der Waals surface area (Å²) in [5.74, 6) is -2.34. The van der Waals surface area contributed by atoms with Gasteiger partial charge in [-0.25, -0.2) is 4.98 Å². The first-order valence-corrected chi connectivity index (χ1v) is 10.2. The summed E-state index contributed by atoms with van der Waals surface area (Å²) in [7, 11) is 1.34. The molecule has 0 spiro atoms. The Morgan fingerprint density at radius 3 is 2.65 bits per heavy atom. The van der Waals surface area contributed by atoms with Crippen molar-refractivity contribution in [3.05, 3.63) is 52.2 Å². The maximum Gasteiger partial charge on any atom is 0.313 e. The molecule has 166 valence electrons. The molecule has 0 saturated carbocycles. The highest BCUT2D eigenvalue weighted by Crippen LogP contribution is 2.26. The molecule has 1 aromatic heterocycles. The highest BCUT2D eigenvalue weighted by molar-refractivity contribution is 6.39. The van der Waals surface area contributed by atoms with E-state index in [-0.39, 0.29) is 23.2 Å². The van der Waals surface area contributed by atoms with Crippen LogP contribution < -0.4 is 15.8 Å². The Labute approximate surface area is 190 Å². The van der Waals surface area contributed by atoms with E-state index in [0.717, 1.165) is 12.8 Å². The molecular formula is C21H24Cl2N4O4. The minimum absolute atomic E-state index is 0.0144. The average molecular weight is 467 g/mol. The van der Waals surface area contributed by atoms with E-state index in [1.165, 1.54) is 24.3 Å². The second-order valence-corrected chi connectivity index (χ2v) is 7.98. The number of aromatic nitrogens is 1. The Morgan fingerprint density at radius 1 is 1.32 bits per heavy atom. The van der Waals surface area contributed by atoms with E-state index in [4.69, 9.17) is 33.7 Å². The third kappa shape index (κ3) is 6.57. The van der Waals surface area contributed by atoms with Crippen molar-refractivity contribution in [3.63, 3.8) is 0 Å². The zero-order valence-corrected chi connectivity index (χ0v) is 18.8. The molecule has 1 aliphatic rings. The summed E-state index contributed by atoms with van der Waals surface area (Å²) in [6.07, 6.45) is 6.77. The second kappa shape index (κ2) is 11.0. The van der Waals surface area contributed by atoms with Crippen LogP contribution in [-0.2, 0) is 9.59 Å². The molecule has 0 aliphatic carbocycles. The molecule has 0 aromatic carbocycles. The molecule has 1 atom stereocenters. The van der Waals surface area contributed by atoms with Gasteiger partial charge in [0, 0.05) is 16.6 Å². The lowest BCUT2D eigenvalue weighted by Crippen LogP contribution is -2.48. The number of allylic oxidation sites excluding steroid dienone is 3. The lowest BCUT2D eigenvalue weighted by Gasteiger charge is -2.35. The molecule has 8 nitrogen and oxygen atoms in total. The van der Waals surface area contributed by atoms with Crippen molar-refractivity contribution in [1.82, 2.24) is 9.88 Å². The standard InChI is InChI=1S/C21H24Cl2N4O4/c1-12(8-14(23)9-13(2)22)17-6-4-5-7-27(17)21(30)19(29)26-15-10-16(18(24)28)20(31-3)25-11-15/h8-11,17H,1,4-7H2,2-3H3,(H2,24,28)(H,26,29)/b13-9+,14-8+/t17-/m0/s1. The number of methoxy groups -OCH3 is 1. The Kier molecular flexibility index (Phi) is 8.65. The van der Waals surface area contributed by atoms with Crippen molar-refractivity contribution in [1.29, 1.82) is 0 Å². The number of nitrogens with two attached hydrogens (primary N) is 1. The van der Waals surface area contributed by atoms with Crippen LogP contribution in [-0.4, -0.2) is 47.3 Å². The van der Waals surface area contributed by atoms with Gasteiger partial charge in [-0.3, -0.25) is 14.4 Å². The van der Waals surface area contributed by atoms with Crippen LogP contribution in [0, 0.1) is 0 Å². The highest BCUT2D eigenvalue weighted by Gasteiger charge is 2.32. The fraction of sp³-hybridized carbons (Fsp3) is 0.333. The first-order valence-electron chi connectivity index (χ1n) is 9.49. The molecule has 0 bridgehead atoms. The second-order valence-electron chi connectivity index (χ2n) is 6.94. The van der Waals surface area contributed by atoms with E-state index in [1.807, 2.05) is 0 Å². The van der Waals surface area contributed by atoms with E-state index in [2.05, 4.69) is 16.9 Å². The largest absolute Gasteiger partial charge is 0.480 e. The smallest absolute Gasteiger partial charge is 0.313 e. The van der Waals surface area contributed by atoms with E-state index in [0.29, 0.717) is 28.6 Å². The topological polar surface area (TPSA) is 115 Å². The van der Waals surface area contributed by atoms with Gasteiger partial charge in [-0.05, 0) is 50.0 Å². The van der Waals surface area contributed by atoms with Crippen molar-refractivity contribution >= 4 is 46.6 Å². The SMILES string of the molecule is C=C(/C=C(Cl)\C=C(/C)Cl)[C@@H]1CCCCN1C(=O)C(=O)Nc1cnc(OC)c(C(N)=O)c1. The number of likely N-dealkylation sites (tertiary alicyclic amines) is 1. The number of amides is 3. The number of hydrogen-bond donors (Lipinski definition) is 2. The summed E-state index contributed by atoms with van der Waals surface area (Å²) in [5.41, 5.74) is 6.03. The van der Waals surface area contributed by atoms with E-state index < -0.39 is 17.7 Å². The van der Waals surface area contributed by atoms with Crippen molar-refractivity contribution < 1.29 is 19.1 Å². The quantitative estimate of drug-likeness (QED) is 0.492. The number of primary amides is 1. The summed E-state index contributed by atoms with van der Waals surface area (Å²) in [4.78, 5) is 42.4. The molecule has 10 heteroatoms. The van der Waals surface area contributed by atoms with Crippen LogP contribution in [0.5, 0.6) is 5.88 Å². The molecule has 2 rings (SSSR count). The summed E-state index contributed by atoms with van der Waals surface area (Å²) in [6, 6.07) is 0.926. The summed E-state index contributed by atoms with van der Waals surface area (Å²) in [5, 5.41) is 3.34. The number of hydrogen-bond acceptors (Lipinski definition) is 5. The van der Waals surface area contributed by atoms with E-state index in [9.17, 15) is 14.4 Å². The number of carbonyl (C=O) groups is 3. The number of halogens is 2. The van der Waals surface area contributed by atoms with Crippen molar-refractivity contribution in [2.24, 2.45) is 5.73 Å². The van der Waals surface area contributed by atoms with Crippen LogP contribution in [0.3, 0.4) is 0 Å². The number of anilines is 1. The zero-order chi connectivity index (χ0) is 23.1. The van der Waals surface area contributed by atoms with Crippen LogP contribution in [0.4, 0.5) is 5.69 Å². The van der Waals surface area contributed by atoms with Crippen LogP contribution in [0.15, 0.2) is 46.6 Å². The number of nitrogens with one attached hydrogen (secondary N) is 1. The number of nitrogens with zero attached hydrogens (tertiary/aromatic N) is 2. The van der Waals surface area contributed by atoms with E-state index >= 15 is 0 Å². The zero-order valence-electron chi connectivity index (χ0n) is 17.3. The first kappa shape index (κ1) is 24.4. The number of pyridine rings is 1. The maximum absolute atomic E-state index is 12.9. The van der Waals surface area contributed by atoms with Gasteiger partial charge >= 0.3 is 11.8 Å². The Bertz CT molecular complexity index is 955. The number of ether oxygens (including phenoxy) is 1. The summed E-state index contributed by atoms with van der Waals surface area (Å²) < 4.78 is 4.97. The monoisotopic (exact) mass is 466 g/mol. The third-order valence-corrected chi connectivity index (χ3v) is 4.94. The maximum atomic E-state index is 12.9. The van der Waals surface area contributed by atoms with Crippen LogP contribution >= 0.6 is 23.2 Å². The van der Waals surface area contributed by atoms with E-state index in [1.54, 1.807) is 19.1 Å². The van der Waals surface area contributed by atoms with Gasteiger partial charge in [0.05, 0.1) is 25.0 Å². The van der Waals surface area contributed by atoms with Gasteiger partial charge in [-0.2, -0.15) is 0 Å². The molecule has 1 fully saturated rings. The van der Waals surface area contributed by atoms with Crippen molar-refractivity contribution in [2.45, 2.75) is 32.2 Å². The van der Waals surface area contributed by atoms with Gasteiger partial charge in [0.2, 0.25) is 5.88 Å². The number of piperidine rings is 1. The number of carbonyl (C=O) groups excluding carboxylic acids is 3. The average Bonchev–Trinajstić information content (AvgIpc) is 2.72. The third-order valence-electron chi connectivity index (χ3n) is 4.61. The Morgan fingerprint density at radius 2 is 2.03 bits per heavy atom. The minimum atomic E-state index is -0.867. The Hall–Kier alpha value is -2.84. The van der Waals surface area contributed by atoms with Crippen molar-refractivity contribution in [2.75, 3.05) is 19.0 Å². The van der Waals surface area contributed by atoms with Crippen LogP contribution in [0.25, 0.3) is 0 Å². The lowest BCUT2D eigenvalue weighted by atomic mass is 9.95. The summed E-state index contributed by atoms with van der Waals surface area (Å²) >= 11 is 12.0. The molecule has 0 unspecified atom stereocenters. The predicted molar refractivity (Wildman–Crippen MR) is 120 cm³/mol. The molecule has 31 heavy (non-hydrogen) atoms. The van der Waals surface area contributed by atoms with Gasteiger partial charge in [0.1, 0.15) is 5.56 Å². The van der Waals surface area contributed by atoms with Gasteiger partial charge in [0.15, 0.2) is 0 Å². The van der Waals surface area contributed by atoms with Crippen molar-refractivity contribution in [3.8, 4) is 5.88 Å². The molecule has 2 heterocycles. The normalized spacial score (nSPS) is 17.2. The van der Waals surface area contributed by atoms with Gasteiger partial charge < -0.3 is 20.7 Å². The fourth-order valence-electron chi connectivity index (χ4n) is 3.24. The highest BCUT2D eigenvalue weighted by atomic mass is 35.5. The fourth-order valence-corrected chi connectivity index (χ4v) is 3.72. The summed E-state index contributed by atoms with van der Waals surface area (Å²) in [6.45, 7) is 6.11. The lowest BCUT2D eigenvalue weighted by molar-refractivity contribution is -0.145. The molecule has 0 radical (unpaired) electrons. The Balaban J connectivity index is 2.18. The van der Waals surface area contributed by atoms with Crippen LogP contribution in [0.1, 0.15) is 36.5 Å². The first-order chi connectivity index (χ1) is 14.6. The molecule has 1 saturated heterocycles. The minimum Gasteiger partial charge on any atom is -0.480 e. The molecular weight excluding hydrogens is 443 g/mol.